The molecule has 31 heavy (non-hydrogen) atoms. The van der Waals surface area contributed by atoms with Crippen molar-refractivity contribution in [1.29, 1.82) is 0 Å². The summed E-state index contributed by atoms with van der Waals surface area (Å²) in [7, 11) is 0. The van der Waals surface area contributed by atoms with Gasteiger partial charge in [0, 0.05) is 5.69 Å². The molecule has 1 aliphatic rings. The highest BCUT2D eigenvalue weighted by molar-refractivity contribution is 6.42. The molecule has 7 nitrogen and oxygen atoms in total. The first-order valence-corrected chi connectivity index (χ1v) is 10.3. The van der Waals surface area contributed by atoms with Crippen LogP contribution in [0.15, 0.2) is 42.5 Å². The third-order valence-electron chi connectivity index (χ3n) is 4.65. The lowest BCUT2D eigenvalue weighted by Gasteiger charge is -2.25. The Hall–Kier alpha value is -2.90. The highest BCUT2D eigenvalue weighted by atomic mass is 35.5. The van der Waals surface area contributed by atoms with E-state index in [9.17, 15) is 19.2 Å². The number of rotatable bonds is 7. The molecule has 0 unspecified atom stereocenters. The number of carbonyl (C=O) groups is 4. The summed E-state index contributed by atoms with van der Waals surface area (Å²) in [6.07, 6.45) is 0.207. The molecule has 3 amide bonds. The molecule has 0 saturated carbocycles. The molecule has 1 atom stereocenters. The van der Waals surface area contributed by atoms with Crippen LogP contribution < -0.4 is 5.32 Å². The molecule has 0 bridgehead atoms. The summed E-state index contributed by atoms with van der Waals surface area (Å²) < 4.78 is 5.14. The van der Waals surface area contributed by atoms with Crippen LogP contribution in [0.4, 0.5) is 5.69 Å². The number of benzene rings is 2. The zero-order valence-electron chi connectivity index (χ0n) is 16.9. The van der Waals surface area contributed by atoms with E-state index in [-0.39, 0.29) is 28.5 Å². The Balaban J connectivity index is 1.69. The van der Waals surface area contributed by atoms with Gasteiger partial charge in [-0.3, -0.25) is 19.3 Å². The van der Waals surface area contributed by atoms with Gasteiger partial charge in [-0.05, 0) is 42.7 Å². The van der Waals surface area contributed by atoms with Crippen molar-refractivity contribution in [3.05, 3.63) is 63.6 Å². The second kappa shape index (κ2) is 9.49. The van der Waals surface area contributed by atoms with Crippen molar-refractivity contribution in [3.63, 3.8) is 0 Å². The van der Waals surface area contributed by atoms with Gasteiger partial charge in [-0.2, -0.15) is 0 Å². The van der Waals surface area contributed by atoms with Crippen molar-refractivity contribution in [2.24, 2.45) is 5.92 Å². The second-order valence-electron chi connectivity index (χ2n) is 7.46. The van der Waals surface area contributed by atoms with Crippen LogP contribution in [0.3, 0.4) is 0 Å². The molecule has 2 aromatic rings. The van der Waals surface area contributed by atoms with Crippen LogP contribution in [0, 0.1) is 5.92 Å². The van der Waals surface area contributed by atoms with Crippen molar-refractivity contribution in [2.45, 2.75) is 26.3 Å². The van der Waals surface area contributed by atoms with Gasteiger partial charge < -0.3 is 10.1 Å². The van der Waals surface area contributed by atoms with Gasteiger partial charge in [0.2, 0.25) is 0 Å². The average molecular weight is 463 g/mol. The van der Waals surface area contributed by atoms with E-state index in [1.807, 2.05) is 13.8 Å². The van der Waals surface area contributed by atoms with Gasteiger partial charge in [0.15, 0.2) is 6.61 Å². The minimum absolute atomic E-state index is 0.00750. The molecule has 9 heteroatoms. The van der Waals surface area contributed by atoms with Crippen LogP contribution in [0.25, 0.3) is 0 Å². The first kappa shape index (κ1) is 22.8. The number of nitrogens with one attached hydrogen (secondary N) is 1. The van der Waals surface area contributed by atoms with Crippen LogP contribution in [0.2, 0.25) is 10.0 Å². The van der Waals surface area contributed by atoms with E-state index in [0.717, 1.165) is 4.90 Å². The van der Waals surface area contributed by atoms with Crippen LogP contribution in [-0.2, 0) is 14.3 Å². The first-order valence-electron chi connectivity index (χ1n) is 9.57. The Morgan fingerprint density at radius 3 is 2.16 bits per heavy atom. The topological polar surface area (TPSA) is 92.8 Å². The maximum Gasteiger partial charge on any atom is 0.329 e. The smallest absolute Gasteiger partial charge is 0.329 e. The normalized spacial score (nSPS) is 13.9. The average Bonchev–Trinajstić information content (AvgIpc) is 2.98. The van der Waals surface area contributed by atoms with Crippen molar-refractivity contribution in [3.8, 4) is 0 Å². The molecular weight excluding hydrogens is 443 g/mol. The largest absolute Gasteiger partial charge is 0.454 e. The lowest BCUT2D eigenvalue weighted by Crippen LogP contribution is -2.46. The number of carbonyl (C=O) groups excluding carboxylic acids is 4. The molecule has 0 aromatic heterocycles. The van der Waals surface area contributed by atoms with Gasteiger partial charge >= 0.3 is 5.97 Å². The number of anilines is 1. The first-order chi connectivity index (χ1) is 14.7. The van der Waals surface area contributed by atoms with E-state index in [2.05, 4.69) is 5.32 Å². The fraction of sp³-hybridized carbons (Fsp3) is 0.273. The van der Waals surface area contributed by atoms with Gasteiger partial charge in [-0.15, -0.1) is 0 Å². The van der Waals surface area contributed by atoms with E-state index in [4.69, 9.17) is 27.9 Å². The molecule has 2 aromatic carbocycles. The monoisotopic (exact) mass is 462 g/mol. The van der Waals surface area contributed by atoms with Crippen molar-refractivity contribution < 1.29 is 23.9 Å². The van der Waals surface area contributed by atoms with Crippen molar-refractivity contribution in [1.82, 2.24) is 4.90 Å². The molecule has 0 saturated heterocycles. The maximum atomic E-state index is 12.8. The Morgan fingerprint density at radius 2 is 1.61 bits per heavy atom. The van der Waals surface area contributed by atoms with E-state index >= 15 is 0 Å². The molecule has 1 heterocycles. The number of ether oxygens (including phenoxy) is 1. The quantitative estimate of drug-likeness (QED) is 0.491. The van der Waals surface area contributed by atoms with Gasteiger partial charge in [-0.1, -0.05) is 49.2 Å². The predicted molar refractivity (Wildman–Crippen MR) is 116 cm³/mol. The predicted octanol–water partition coefficient (Wildman–Crippen LogP) is 4.19. The second-order valence-corrected chi connectivity index (χ2v) is 8.27. The summed E-state index contributed by atoms with van der Waals surface area (Å²) >= 11 is 11.8. The third kappa shape index (κ3) is 5.06. The highest BCUT2D eigenvalue weighted by Crippen LogP contribution is 2.28. The zero-order chi connectivity index (χ0) is 22.7. The minimum Gasteiger partial charge on any atom is -0.454 e. The van der Waals surface area contributed by atoms with E-state index in [0.29, 0.717) is 10.7 Å². The molecule has 3 rings (SSSR count). The summed E-state index contributed by atoms with van der Waals surface area (Å²) in [5, 5.41) is 3.14. The fourth-order valence-corrected chi connectivity index (χ4v) is 3.55. The molecule has 0 aliphatic carbocycles. The lowest BCUT2D eigenvalue weighted by molar-refractivity contribution is -0.151. The number of nitrogens with zero attached hydrogens (tertiary/aromatic N) is 1. The van der Waals surface area contributed by atoms with E-state index in [1.54, 1.807) is 18.2 Å². The standard InChI is InChI=1S/C22H20Cl2N2O5/c1-12(2)9-18(26-20(28)14-5-3-4-6-15(14)21(26)29)22(30)31-11-19(27)25-13-7-8-16(23)17(24)10-13/h3-8,10,12,18H,9,11H2,1-2H3,(H,25,27)/t18-/m0/s1. The molecule has 0 fully saturated rings. The number of amides is 3. The number of halogens is 2. The van der Waals surface area contributed by atoms with Crippen LogP contribution in [0.1, 0.15) is 41.0 Å². The van der Waals surface area contributed by atoms with Crippen LogP contribution in [0.5, 0.6) is 0 Å². The molecule has 1 N–H and O–H groups in total. The molecular formula is C22H20Cl2N2O5. The zero-order valence-corrected chi connectivity index (χ0v) is 18.4. The Morgan fingerprint density at radius 1 is 1.00 bits per heavy atom. The molecule has 162 valence electrons. The summed E-state index contributed by atoms with van der Waals surface area (Å²) in [5.41, 5.74) is 0.868. The summed E-state index contributed by atoms with van der Waals surface area (Å²) in [4.78, 5) is 51.4. The molecule has 1 aliphatic heterocycles. The van der Waals surface area contributed by atoms with Gasteiger partial charge in [-0.25, -0.2) is 4.79 Å². The van der Waals surface area contributed by atoms with Crippen LogP contribution in [-0.4, -0.2) is 41.2 Å². The van der Waals surface area contributed by atoms with Crippen molar-refractivity contribution >= 4 is 52.6 Å². The SMILES string of the molecule is CC(C)C[C@@H](C(=O)OCC(=O)Nc1ccc(Cl)c(Cl)c1)N1C(=O)c2ccccc2C1=O. The summed E-state index contributed by atoms with van der Waals surface area (Å²) in [6.45, 7) is 3.13. The van der Waals surface area contributed by atoms with E-state index in [1.165, 1.54) is 24.3 Å². The highest BCUT2D eigenvalue weighted by Gasteiger charge is 2.43. The maximum absolute atomic E-state index is 12.8. The number of hydrogen-bond donors (Lipinski definition) is 1. The number of fused-ring (bicyclic) bond motifs is 1. The van der Waals surface area contributed by atoms with E-state index < -0.39 is 36.3 Å². The summed E-state index contributed by atoms with van der Waals surface area (Å²) in [6, 6.07) is 9.78. The lowest BCUT2D eigenvalue weighted by atomic mass is 10.0. The third-order valence-corrected chi connectivity index (χ3v) is 5.39. The minimum atomic E-state index is -1.13. The number of hydrogen-bond acceptors (Lipinski definition) is 5. The Kier molecular flexibility index (Phi) is 6.97. The van der Waals surface area contributed by atoms with Crippen LogP contribution >= 0.6 is 23.2 Å². The Bertz CT molecular complexity index is 1020. The molecule has 0 radical (unpaired) electrons. The van der Waals surface area contributed by atoms with Gasteiger partial charge in [0.1, 0.15) is 6.04 Å². The fourth-order valence-electron chi connectivity index (χ4n) is 3.25. The Labute approximate surface area is 189 Å². The van der Waals surface area contributed by atoms with Gasteiger partial charge in [0.05, 0.1) is 21.2 Å². The number of imide groups is 1. The number of esters is 1. The van der Waals surface area contributed by atoms with Crippen molar-refractivity contribution in [2.75, 3.05) is 11.9 Å². The molecule has 0 spiro atoms. The van der Waals surface area contributed by atoms with Gasteiger partial charge in [0.25, 0.3) is 17.7 Å². The summed E-state index contributed by atoms with van der Waals surface area (Å²) in [5.74, 6) is -2.54.